The van der Waals surface area contributed by atoms with Crippen LogP contribution < -0.4 is 20.9 Å². The van der Waals surface area contributed by atoms with Gasteiger partial charge in [-0.3, -0.25) is 24.2 Å². The summed E-state index contributed by atoms with van der Waals surface area (Å²) in [5, 5.41) is 27.6. The van der Waals surface area contributed by atoms with Gasteiger partial charge in [0, 0.05) is 37.3 Å². The van der Waals surface area contributed by atoms with E-state index in [2.05, 4.69) is 20.5 Å². The zero-order valence-corrected chi connectivity index (χ0v) is 35.0. The van der Waals surface area contributed by atoms with E-state index in [1.165, 1.54) is 49.5 Å². The Morgan fingerprint density at radius 2 is 1.71 bits per heavy atom. The molecule has 5 N–H and O–H groups in total. The van der Waals surface area contributed by atoms with E-state index in [-0.39, 0.29) is 72.7 Å². The Hall–Kier alpha value is -6.05. The summed E-state index contributed by atoms with van der Waals surface area (Å²) in [6.07, 6.45) is -2.02. The Labute approximate surface area is 367 Å². The lowest BCUT2D eigenvalue weighted by molar-refractivity contribution is -0.123. The molecule has 1 fully saturated rings. The zero-order valence-electron chi connectivity index (χ0n) is 32.7. The number of anilines is 1. The van der Waals surface area contributed by atoms with E-state index in [4.69, 9.17) is 33.6 Å². The first-order valence-electron chi connectivity index (χ1n) is 18.9. The smallest absolute Gasteiger partial charge is 0.337 e. The van der Waals surface area contributed by atoms with Crippen molar-refractivity contribution in [3.05, 3.63) is 138 Å². The van der Waals surface area contributed by atoms with E-state index in [9.17, 15) is 37.1 Å². The number of halogens is 8. The monoisotopic (exact) mass is 928 g/mol. The number of nitrogens with one attached hydrogen (secondary N) is 4. The molecule has 2 aliphatic rings. The van der Waals surface area contributed by atoms with Crippen LogP contribution in [-0.2, 0) is 23.7 Å². The minimum absolute atomic E-state index is 0.00866. The maximum atomic E-state index is 15.5. The fourth-order valence-corrected chi connectivity index (χ4v) is 9.06. The lowest BCUT2D eigenvalue weighted by Gasteiger charge is -2.25. The fraction of sp³-hybridized carbons (Fsp3) is 0.238. The summed E-state index contributed by atoms with van der Waals surface area (Å²) in [6.45, 7) is -0.989. The van der Waals surface area contributed by atoms with Crippen LogP contribution in [-0.4, -0.2) is 55.5 Å². The van der Waals surface area contributed by atoms with Crippen LogP contribution in [0.15, 0.2) is 71.5 Å². The van der Waals surface area contributed by atoms with Gasteiger partial charge in [0.15, 0.2) is 0 Å². The van der Waals surface area contributed by atoms with Crippen molar-refractivity contribution >= 4 is 69.5 Å². The summed E-state index contributed by atoms with van der Waals surface area (Å²) in [5.74, 6) is -10.3. The van der Waals surface area contributed by atoms with Crippen molar-refractivity contribution in [1.29, 1.82) is 5.41 Å². The molecule has 63 heavy (non-hydrogen) atoms. The second-order valence-electron chi connectivity index (χ2n) is 14.9. The number of amidine groups is 1. The molecule has 326 valence electrons. The van der Waals surface area contributed by atoms with Gasteiger partial charge in [0.1, 0.15) is 41.2 Å². The molecular weight excluding hydrogens is 897 g/mol. The van der Waals surface area contributed by atoms with Crippen LogP contribution in [0.4, 0.5) is 32.0 Å². The van der Waals surface area contributed by atoms with Gasteiger partial charge < -0.3 is 20.5 Å². The molecule has 21 heteroatoms. The molecule has 1 saturated carbocycles. The first-order valence-corrected chi connectivity index (χ1v) is 20.9. The molecule has 8 rings (SSSR count). The molecule has 6 aromatic rings. The van der Waals surface area contributed by atoms with E-state index in [1.54, 1.807) is 12.3 Å². The minimum Gasteiger partial charge on any atom is -0.478 e. The molecule has 0 aliphatic heterocycles. The highest BCUT2D eigenvalue weighted by molar-refractivity contribution is 7.97. The van der Waals surface area contributed by atoms with Crippen LogP contribution in [0, 0.1) is 23.0 Å². The van der Waals surface area contributed by atoms with Gasteiger partial charge in [-0.1, -0.05) is 47.3 Å². The zero-order chi connectivity index (χ0) is 45.2. The van der Waals surface area contributed by atoms with Crippen molar-refractivity contribution in [2.75, 3.05) is 18.6 Å². The van der Waals surface area contributed by atoms with Crippen molar-refractivity contribution in [3.63, 3.8) is 0 Å². The molecule has 3 unspecified atom stereocenters. The number of carbonyl (C=O) groups is 2. The van der Waals surface area contributed by atoms with Gasteiger partial charge in [0.2, 0.25) is 5.91 Å². The number of hydrogen-bond acceptors (Lipinski definition) is 8. The first kappa shape index (κ1) is 43.6. The normalized spacial score (nSPS) is 16.4. The van der Waals surface area contributed by atoms with E-state index in [1.807, 2.05) is 0 Å². The molecule has 4 aromatic carbocycles. The van der Waals surface area contributed by atoms with Crippen molar-refractivity contribution in [1.82, 2.24) is 29.4 Å². The molecule has 0 radical (unpaired) electrons. The maximum absolute atomic E-state index is 15.5. The predicted octanol–water partition coefficient (Wildman–Crippen LogP) is 9.01. The third-order valence-electron chi connectivity index (χ3n) is 11.0. The maximum Gasteiger partial charge on any atom is 0.337 e. The molecule has 3 atom stereocenters. The Balaban J connectivity index is 1.34. The van der Waals surface area contributed by atoms with E-state index < -0.39 is 83.6 Å². The van der Waals surface area contributed by atoms with Crippen molar-refractivity contribution in [2.24, 2.45) is 5.92 Å². The molecular formula is C42H32Cl2F6N8O4S. The van der Waals surface area contributed by atoms with Gasteiger partial charge in [-0.25, -0.2) is 27.3 Å². The summed E-state index contributed by atoms with van der Waals surface area (Å²) in [5.41, 5.74) is -1.70. The molecule has 2 aliphatic carbocycles. The van der Waals surface area contributed by atoms with Gasteiger partial charge in [0.05, 0.1) is 49.5 Å². The molecule has 12 nitrogen and oxygen atoms in total. The van der Waals surface area contributed by atoms with Gasteiger partial charge >= 0.3 is 5.97 Å². The lowest BCUT2D eigenvalue weighted by atomic mass is 10.0. The van der Waals surface area contributed by atoms with Crippen LogP contribution in [0.5, 0.6) is 0 Å². The second-order valence-corrected chi connectivity index (χ2v) is 16.3. The van der Waals surface area contributed by atoms with Crippen molar-refractivity contribution in [3.8, 4) is 16.8 Å². The van der Waals surface area contributed by atoms with Gasteiger partial charge in [-0.2, -0.15) is 13.9 Å². The summed E-state index contributed by atoms with van der Waals surface area (Å²) >= 11 is 14.0. The summed E-state index contributed by atoms with van der Waals surface area (Å²) in [6, 6.07) is 12.6. The highest BCUT2D eigenvalue weighted by atomic mass is 35.5. The molecule has 0 spiro atoms. The van der Waals surface area contributed by atoms with Crippen LogP contribution in [0.25, 0.3) is 27.7 Å². The number of amides is 1. The Morgan fingerprint density at radius 1 is 1.02 bits per heavy atom. The number of benzene rings is 4. The summed E-state index contributed by atoms with van der Waals surface area (Å²) in [4.78, 5) is 45.6. The number of hydrogen-bond donors (Lipinski definition) is 5. The highest BCUT2D eigenvalue weighted by Gasteiger charge is 2.67. The number of rotatable bonds is 13. The Morgan fingerprint density at radius 3 is 2.37 bits per heavy atom. The molecule has 2 aromatic heterocycles. The van der Waals surface area contributed by atoms with Crippen LogP contribution in [0.2, 0.25) is 10.0 Å². The second kappa shape index (κ2) is 16.6. The fourth-order valence-electron chi connectivity index (χ4n) is 8.25. The Kier molecular flexibility index (Phi) is 11.5. The average molecular weight is 930 g/mol. The number of carbonyl (C=O) groups excluding carboxylic acids is 1. The summed E-state index contributed by atoms with van der Waals surface area (Å²) in [7, 11) is 1.50. The van der Waals surface area contributed by atoms with E-state index in [0.29, 0.717) is 21.9 Å². The quantitative estimate of drug-likeness (QED) is 0.0329. The highest BCUT2D eigenvalue weighted by Crippen LogP contribution is 2.68. The summed E-state index contributed by atoms with van der Waals surface area (Å²) < 4.78 is 93.3. The topological polar surface area (TPSA) is 167 Å². The molecule has 0 bridgehead atoms. The van der Waals surface area contributed by atoms with Gasteiger partial charge in [-0.05, 0) is 77.6 Å². The van der Waals surface area contributed by atoms with Gasteiger partial charge in [0.25, 0.3) is 17.9 Å². The van der Waals surface area contributed by atoms with Gasteiger partial charge in [-0.15, -0.1) is 0 Å². The SMILES string of the molecule is CNc1c(-n2c(C(Cc3cc(F)cc(F)c3)NC(=O)Cn3nc(C(F)F)c4c3C(F)(F)C3CC43)nc3cc(-c4ccc(C(=O)O)c(Cl)c4)ccc3c2=O)ccc(Cl)c1C(=N)NSC. The van der Waals surface area contributed by atoms with E-state index >= 15 is 8.78 Å². The minimum atomic E-state index is -3.55. The number of carboxylic acids is 1. The lowest BCUT2D eigenvalue weighted by Crippen LogP contribution is -2.38. The number of carboxylic acid groups (broad SMARTS) is 1. The average Bonchev–Trinajstić information content (AvgIpc) is 3.88. The number of aromatic carboxylic acids is 1. The number of aromatic nitrogens is 4. The number of fused-ring (bicyclic) bond motifs is 4. The molecule has 1 amide bonds. The predicted molar refractivity (Wildman–Crippen MR) is 226 cm³/mol. The Bertz CT molecular complexity index is 2950. The largest absolute Gasteiger partial charge is 0.478 e. The van der Waals surface area contributed by atoms with Crippen LogP contribution in [0.3, 0.4) is 0 Å². The third-order valence-corrected chi connectivity index (χ3v) is 12.0. The first-order chi connectivity index (χ1) is 29.9. The van der Waals surface area contributed by atoms with Crippen molar-refractivity contribution < 1.29 is 41.0 Å². The molecule has 2 heterocycles. The molecule has 0 saturated heterocycles. The number of alkyl halides is 4. The standard InChI is InChI=1S/C42H32Cl2F6N8O4S/c1-52-34-30(8-7-26(43)33(34)38(51)56-63-2)58-39(54-28-13-19(4-6-23(28)40(58)60)18-3-5-22(41(61)62)27(44)12-18)29(11-17-9-20(45)14-21(46)10-17)53-31(59)16-57-36-32(35(55-57)37(47)48)24-15-25(24)42(36,49)50/h3-10,12-14,24-25,29,37,52H,11,15-16H2,1-2H3,(H2,51,56)(H,53,59)(H,61,62). The van der Waals surface area contributed by atoms with Crippen LogP contribution >= 0.6 is 35.1 Å². The van der Waals surface area contributed by atoms with Crippen molar-refractivity contribution in [2.45, 2.75) is 43.7 Å². The van der Waals surface area contributed by atoms with E-state index in [0.717, 1.165) is 28.6 Å². The number of nitrogens with zero attached hydrogens (tertiary/aromatic N) is 4. The third kappa shape index (κ3) is 7.86. The van der Waals surface area contributed by atoms with Crippen LogP contribution in [0.1, 0.15) is 69.1 Å².